The van der Waals surface area contributed by atoms with Crippen molar-refractivity contribution in [1.29, 1.82) is 0 Å². The van der Waals surface area contributed by atoms with Gasteiger partial charge in [0, 0.05) is 8.95 Å². The molecule has 0 saturated heterocycles. The lowest BCUT2D eigenvalue weighted by atomic mass is 9.87. The van der Waals surface area contributed by atoms with Gasteiger partial charge < -0.3 is 19.3 Å². The van der Waals surface area contributed by atoms with Gasteiger partial charge in [0.05, 0.1) is 13.0 Å². The summed E-state index contributed by atoms with van der Waals surface area (Å²) >= 11 is 6.88. The zero-order chi connectivity index (χ0) is 23.3. The van der Waals surface area contributed by atoms with Gasteiger partial charge in [-0.3, -0.25) is 0 Å². The SMILES string of the molecule is COC(=O)C1=c2oc(=O)/c(=C/c3cccc(Br)c3)n2-c2oc(N)nc2C1c1cccc(Br)c1. The van der Waals surface area contributed by atoms with E-state index in [1.54, 1.807) is 6.08 Å². The molecule has 5 rings (SSSR count). The van der Waals surface area contributed by atoms with Gasteiger partial charge in [-0.05, 0) is 41.5 Å². The van der Waals surface area contributed by atoms with Crippen LogP contribution in [0.5, 0.6) is 0 Å². The van der Waals surface area contributed by atoms with Gasteiger partial charge in [0.25, 0.3) is 6.01 Å². The van der Waals surface area contributed by atoms with E-state index in [9.17, 15) is 9.59 Å². The summed E-state index contributed by atoms with van der Waals surface area (Å²) in [6.45, 7) is 0. The van der Waals surface area contributed by atoms with Crippen LogP contribution in [0.2, 0.25) is 0 Å². The summed E-state index contributed by atoms with van der Waals surface area (Å²) in [6, 6.07) is 14.6. The summed E-state index contributed by atoms with van der Waals surface area (Å²) in [5.41, 5.74) is 7.20. The van der Waals surface area contributed by atoms with E-state index < -0.39 is 17.5 Å². The van der Waals surface area contributed by atoms with E-state index in [-0.39, 0.29) is 28.4 Å². The molecule has 0 spiro atoms. The Kier molecular flexibility index (Phi) is 5.34. The van der Waals surface area contributed by atoms with Crippen molar-refractivity contribution in [2.75, 3.05) is 12.8 Å². The molecule has 0 fully saturated rings. The first-order valence-electron chi connectivity index (χ1n) is 9.71. The number of benzene rings is 2. The van der Waals surface area contributed by atoms with Gasteiger partial charge >= 0.3 is 11.6 Å². The van der Waals surface area contributed by atoms with Crippen LogP contribution in [0.3, 0.4) is 0 Å². The number of nitrogens with zero attached hydrogens (tertiary/aromatic N) is 2. The normalized spacial score (nSPS) is 15.3. The quantitative estimate of drug-likeness (QED) is 0.375. The molecule has 1 unspecified atom stereocenters. The summed E-state index contributed by atoms with van der Waals surface area (Å²) in [5, 5.41) is 0.148. The Bertz CT molecular complexity index is 1600. The fraction of sp³-hybridized carbons (Fsp3) is 0.0870. The Morgan fingerprint density at radius 1 is 1.15 bits per heavy atom. The van der Waals surface area contributed by atoms with Crippen LogP contribution in [0, 0.1) is 0 Å². The van der Waals surface area contributed by atoms with Crippen LogP contribution < -0.4 is 22.3 Å². The average molecular weight is 573 g/mol. The van der Waals surface area contributed by atoms with Crippen LogP contribution in [-0.2, 0) is 9.53 Å². The first kappa shape index (κ1) is 21.5. The van der Waals surface area contributed by atoms with Gasteiger partial charge in [-0.1, -0.05) is 56.1 Å². The molecule has 8 nitrogen and oxygen atoms in total. The fourth-order valence-corrected chi connectivity index (χ4v) is 4.75. The van der Waals surface area contributed by atoms with E-state index >= 15 is 0 Å². The minimum absolute atomic E-state index is 0.00159. The van der Waals surface area contributed by atoms with Crippen molar-refractivity contribution in [2.45, 2.75) is 5.92 Å². The highest BCUT2D eigenvalue weighted by Crippen LogP contribution is 2.39. The highest BCUT2D eigenvalue weighted by Gasteiger charge is 2.39. The van der Waals surface area contributed by atoms with E-state index in [1.165, 1.54) is 11.7 Å². The number of nitrogen functional groups attached to an aromatic ring is 1. The predicted molar refractivity (Wildman–Crippen MR) is 127 cm³/mol. The molecule has 33 heavy (non-hydrogen) atoms. The number of ether oxygens (including phenoxy) is 1. The third-order valence-corrected chi connectivity index (χ3v) is 6.21. The molecule has 1 aliphatic rings. The van der Waals surface area contributed by atoms with Gasteiger partial charge in [0.1, 0.15) is 16.6 Å². The molecule has 1 atom stereocenters. The molecule has 0 bridgehead atoms. The second-order valence-corrected chi connectivity index (χ2v) is 9.08. The van der Waals surface area contributed by atoms with E-state index in [0.717, 1.165) is 14.5 Å². The Hall–Kier alpha value is -3.37. The van der Waals surface area contributed by atoms with Crippen molar-refractivity contribution in [3.8, 4) is 5.88 Å². The molecule has 10 heteroatoms. The molecule has 3 heterocycles. The standard InChI is InChI=1S/C23H15Br2N3O5/c1-31-22(30)17-16(12-5-3-7-14(25)10-12)18-20(33-23(26)27-18)28-15(21(29)32-19(17)28)9-11-4-2-6-13(24)8-11/h2-10,16H,1H3,(H2,26,27)/b15-9-. The number of hydrogen-bond acceptors (Lipinski definition) is 7. The van der Waals surface area contributed by atoms with Crippen molar-refractivity contribution in [3.05, 3.63) is 95.6 Å². The van der Waals surface area contributed by atoms with Crippen LogP contribution in [-0.4, -0.2) is 22.6 Å². The van der Waals surface area contributed by atoms with Crippen molar-refractivity contribution in [2.24, 2.45) is 0 Å². The number of carbonyl (C=O) groups excluding carboxylic acids is 1. The lowest BCUT2D eigenvalue weighted by molar-refractivity contribution is -0.134. The number of oxazole rings is 2. The number of anilines is 1. The smallest absolute Gasteiger partial charge is 0.362 e. The molecular weight excluding hydrogens is 558 g/mol. The van der Waals surface area contributed by atoms with Crippen LogP contribution in [0.15, 0.2) is 71.1 Å². The van der Waals surface area contributed by atoms with E-state index in [2.05, 4.69) is 36.8 Å². The van der Waals surface area contributed by atoms with E-state index in [0.29, 0.717) is 11.3 Å². The average Bonchev–Trinajstić information content (AvgIpc) is 3.31. The zero-order valence-corrected chi connectivity index (χ0v) is 20.2. The maximum atomic E-state index is 13.0. The number of fused-ring (bicyclic) bond motifs is 3. The van der Waals surface area contributed by atoms with Gasteiger partial charge in [0.15, 0.2) is 0 Å². The van der Waals surface area contributed by atoms with Crippen molar-refractivity contribution in [1.82, 2.24) is 9.55 Å². The summed E-state index contributed by atoms with van der Waals surface area (Å²) in [7, 11) is 1.26. The zero-order valence-electron chi connectivity index (χ0n) is 17.0. The molecule has 2 aromatic carbocycles. The number of carbonyl (C=O) groups is 1. The predicted octanol–water partition coefficient (Wildman–Crippen LogP) is 2.82. The Labute approximate surface area is 203 Å². The molecule has 0 aliphatic carbocycles. The summed E-state index contributed by atoms with van der Waals surface area (Å²) in [6.07, 6.45) is 1.64. The Balaban J connectivity index is 1.92. The third kappa shape index (κ3) is 3.65. The molecular formula is C23H15Br2N3O5. The van der Waals surface area contributed by atoms with Crippen LogP contribution in [0.4, 0.5) is 6.01 Å². The number of aromatic nitrogens is 2. The molecule has 0 radical (unpaired) electrons. The summed E-state index contributed by atoms with van der Waals surface area (Å²) in [4.78, 5) is 30.3. The number of hydrogen-bond donors (Lipinski definition) is 1. The van der Waals surface area contributed by atoms with E-state index in [1.807, 2.05) is 48.5 Å². The number of esters is 1. The summed E-state index contributed by atoms with van der Waals surface area (Å²) in [5.74, 6) is -1.19. The number of methoxy groups -OCH3 is 1. The van der Waals surface area contributed by atoms with Crippen molar-refractivity contribution in [3.63, 3.8) is 0 Å². The van der Waals surface area contributed by atoms with Crippen LogP contribution in [0.25, 0.3) is 17.5 Å². The molecule has 2 N–H and O–H groups in total. The molecule has 4 aromatic rings. The molecule has 1 aliphatic heterocycles. The molecule has 0 amide bonds. The van der Waals surface area contributed by atoms with Crippen molar-refractivity contribution < 1.29 is 18.4 Å². The number of nitrogens with two attached hydrogens (primary N) is 1. The van der Waals surface area contributed by atoms with Crippen LogP contribution >= 0.6 is 31.9 Å². The van der Waals surface area contributed by atoms with Gasteiger partial charge in [-0.2, -0.15) is 4.98 Å². The monoisotopic (exact) mass is 571 g/mol. The number of halogens is 2. The topological polar surface area (TPSA) is 113 Å². The highest BCUT2D eigenvalue weighted by molar-refractivity contribution is 9.10. The maximum absolute atomic E-state index is 13.0. The van der Waals surface area contributed by atoms with Gasteiger partial charge in [-0.15, -0.1) is 0 Å². The van der Waals surface area contributed by atoms with Gasteiger partial charge in [-0.25, -0.2) is 14.2 Å². The molecule has 166 valence electrons. The van der Waals surface area contributed by atoms with Crippen LogP contribution in [0.1, 0.15) is 22.7 Å². The molecule has 2 aromatic heterocycles. The fourth-order valence-electron chi connectivity index (χ4n) is 3.92. The lowest BCUT2D eigenvalue weighted by Gasteiger charge is -2.21. The lowest BCUT2D eigenvalue weighted by Crippen LogP contribution is -2.37. The second kappa shape index (κ2) is 8.20. The minimum Gasteiger partial charge on any atom is -0.465 e. The highest BCUT2D eigenvalue weighted by atomic mass is 79.9. The first-order chi connectivity index (χ1) is 15.9. The Morgan fingerprint density at radius 2 is 1.88 bits per heavy atom. The Morgan fingerprint density at radius 3 is 2.58 bits per heavy atom. The van der Waals surface area contributed by atoms with Crippen molar-refractivity contribution >= 4 is 55.5 Å². The summed E-state index contributed by atoms with van der Waals surface area (Å²) < 4.78 is 19.4. The third-order valence-electron chi connectivity index (χ3n) is 5.23. The maximum Gasteiger partial charge on any atom is 0.362 e. The van der Waals surface area contributed by atoms with Gasteiger partial charge in [0.2, 0.25) is 11.4 Å². The minimum atomic E-state index is -0.727. The van der Waals surface area contributed by atoms with E-state index in [4.69, 9.17) is 19.3 Å². The first-order valence-corrected chi connectivity index (χ1v) is 11.3. The number of rotatable bonds is 3. The largest absolute Gasteiger partial charge is 0.465 e. The molecule has 0 saturated carbocycles. The second-order valence-electron chi connectivity index (χ2n) is 7.25.